The van der Waals surface area contributed by atoms with Crippen LogP contribution in [-0.4, -0.2) is 40.1 Å². The molecule has 0 radical (unpaired) electrons. The van der Waals surface area contributed by atoms with Crippen molar-refractivity contribution in [2.45, 2.75) is 52.2 Å². The van der Waals surface area contributed by atoms with Crippen molar-refractivity contribution < 1.29 is 4.52 Å². The lowest BCUT2D eigenvalue weighted by Gasteiger charge is -2.25. The fourth-order valence-corrected chi connectivity index (χ4v) is 3.99. The van der Waals surface area contributed by atoms with Gasteiger partial charge in [0.2, 0.25) is 5.89 Å². The average Bonchev–Trinajstić information content (AvgIpc) is 3.18. The number of aromatic nitrogens is 2. The second kappa shape index (κ2) is 8.04. The van der Waals surface area contributed by atoms with Crippen LogP contribution in [-0.2, 0) is 26.1 Å². The smallest absolute Gasteiger partial charge is 0.226 e. The van der Waals surface area contributed by atoms with E-state index in [4.69, 9.17) is 4.52 Å². The molecular formula is C17H26N4OS. The van der Waals surface area contributed by atoms with E-state index in [0.29, 0.717) is 5.89 Å². The molecule has 0 saturated carbocycles. The van der Waals surface area contributed by atoms with E-state index in [2.05, 4.69) is 38.4 Å². The van der Waals surface area contributed by atoms with E-state index >= 15 is 0 Å². The SMILES string of the molecule is CCc1nc(CN(C)Cc2cc(CN3CCCCC3)cs2)no1. The number of piperidine rings is 1. The van der Waals surface area contributed by atoms with E-state index in [9.17, 15) is 0 Å². The molecule has 0 spiro atoms. The van der Waals surface area contributed by atoms with E-state index < -0.39 is 0 Å². The summed E-state index contributed by atoms with van der Waals surface area (Å²) >= 11 is 1.85. The molecule has 0 aliphatic carbocycles. The Bertz CT molecular complexity index is 603. The van der Waals surface area contributed by atoms with Gasteiger partial charge in [-0.25, -0.2) is 0 Å². The molecule has 126 valence electrons. The predicted molar refractivity (Wildman–Crippen MR) is 92.3 cm³/mol. The zero-order valence-electron chi connectivity index (χ0n) is 14.1. The summed E-state index contributed by atoms with van der Waals surface area (Å²) in [6, 6.07) is 2.35. The highest BCUT2D eigenvalue weighted by Crippen LogP contribution is 2.20. The molecule has 0 amide bonds. The van der Waals surface area contributed by atoms with Crippen molar-refractivity contribution in [3.8, 4) is 0 Å². The molecule has 3 heterocycles. The number of thiophene rings is 1. The van der Waals surface area contributed by atoms with Gasteiger partial charge in [0.1, 0.15) is 0 Å². The highest BCUT2D eigenvalue weighted by Gasteiger charge is 2.13. The third-order valence-corrected chi connectivity index (χ3v) is 5.18. The molecule has 1 saturated heterocycles. The predicted octanol–water partition coefficient (Wildman–Crippen LogP) is 3.31. The standard InChI is InChI=1S/C17H26N4OS/c1-3-17-18-16(19-22-17)12-20(2)11-15-9-14(13-23-15)10-21-7-5-4-6-8-21/h9,13H,3-8,10-12H2,1-2H3. The summed E-state index contributed by atoms with van der Waals surface area (Å²) in [4.78, 5) is 10.6. The summed E-state index contributed by atoms with van der Waals surface area (Å²) in [5, 5.41) is 6.33. The zero-order chi connectivity index (χ0) is 16.1. The summed E-state index contributed by atoms with van der Waals surface area (Å²) in [7, 11) is 2.10. The molecule has 1 fully saturated rings. The molecule has 1 aliphatic rings. The second-order valence-electron chi connectivity index (χ2n) is 6.39. The Morgan fingerprint density at radius 1 is 1.26 bits per heavy atom. The molecule has 6 heteroatoms. The van der Waals surface area contributed by atoms with Gasteiger partial charge in [0.25, 0.3) is 0 Å². The quantitative estimate of drug-likeness (QED) is 0.777. The van der Waals surface area contributed by atoms with Crippen LogP contribution in [0.25, 0.3) is 0 Å². The van der Waals surface area contributed by atoms with Crippen LogP contribution < -0.4 is 0 Å². The number of likely N-dealkylation sites (tertiary alicyclic amines) is 1. The molecule has 23 heavy (non-hydrogen) atoms. The monoisotopic (exact) mass is 334 g/mol. The minimum atomic E-state index is 0.716. The van der Waals surface area contributed by atoms with Crippen LogP contribution in [0.2, 0.25) is 0 Å². The van der Waals surface area contributed by atoms with Crippen molar-refractivity contribution in [2.24, 2.45) is 0 Å². The van der Waals surface area contributed by atoms with E-state index in [1.54, 1.807) is 0 Å². The molecule has 3 rings (SSSR count). The maximum absolute atomic E-state index is 5.16. The minimum absolute atomic E-state index is 0.716. The number of hydrogen-bond acceptors (Lipinski definition) is 6. The topological polar surface area (TPSA) is 45.4 Å². The van der Waals surface area contributed by atoms with Crippen LogP contribution in [0.5, 0.6) is 0 Å². The van der Waals surface area contributed by atoms with Crippen molar-refractivity contribution >= 4 is 11.3 Å². The van der Waals surface area contributed by atoms with Gasteiger partial charge >= 0.3 is 0 Å². The highest BCUT2D eigenvalue weighted by atomic mass is 32.1. The first-order valence-corrected chi connectivity index (χ1v) is 9.39. The van der Waals surface area contributed by atoms with Crippen molar-refractivity contribution in [3.05, 3.63) is 33.6 Å². The van der Waals surface area contributed by atoms with Crippen LogP contribution in [0, 0.1) is 0 Å². The molecule has 2 aromatic rings. The summed E-state index contributed by atoms with van der Waals surface area (Å²) in [5.74, 6) is 1.49. The Hall–Kier alpha value is -1.24. The lowest BCUT2D eigenvalue weighted by molar-refractivity contribution is 0.221. The Balaban J connectivity index is 1.49. The minimum Gasteiger partial charge on any atom is -0.339 e. The van der Waals surface area contributed by atoms with Crippen LogP contribution in [0.15, 0.2) is 16.0 Å². The Labute approximate surface area is 142 Å². The summed E-state index contributed by atoms with van der Waals surface area (Å²) < 4.78 is 5.16. The van der Waals surface area contributed by atoms with Crippen LogP contribution >= 0.6 is 11.3 Å². The fraction of sp³-hybridized carbons (Fsp3) is 0.647. The van der Waals surface area contributed by atoms with E-state index in [0.717, 1.165) is 31.9 Å². The summed E-state index contributed by atoms with van der Waals surface area (Å²) in [6.45, 7) is 7.29. The van der Waals surface area contributed by atoms with Crippen molar-refractivity contribution in [2.75, 3.05) is 20.1 Å². The molecular weight excluding hydrogens is 308 g/mol. The van der Waals surface area contributed by atoms with E-state index in [1.165, 1.54) is 42.8 Å². The van der Waals surface area contributed by atoms with Gasteiger partial charge in [-0.05, 0) is 50.0 Å². The van der Waals surface area contributed by atoms with Gasteiger partial charge in [0, 0.05) is 24.4 Å². The average molecular weight is 334 g/mol. The lowest BCUT2D eigenvalue weighted by Crippen LogP contribution is -2.28. The van der Waals surface area contributed by atoms with Crippen LogP contribution in [0.3, 0.4) is 0 Å². The highest BCUT2D eigenvalue weighted by molar-refractivity contribution is 7.10. The molecule has 2 aromatic heterocycles. The number of hydrogen-bond donors (Lipinski definition) is 0. The summed E-state index contributed by atoms with van der Waals surface area (Å²) in [5.41, 5.74) is 1.45. The number of rotatable bonds is 7. The summed E-state index contributed by atoms with van der Waals surface area (Å²) in [6.07, 6.45) is 4.89. The van der Waals surface area contributed by atoms with Gasteiger partial charge in [-0.15, -0.1) is 11.3 Å². The second-order valence-corrected chi connectivity index (χ2v) is 7.38. The van der Waals surface area contributed by atoms with Gasteiger partial charge in [-0.1, -0.05) is 18.5 Å². The van der Waals surface area contributed by atoms with Gasteiger partial charge in [-0.2, -0.15) is 4.98 Å². The van der Waals surface area contributed by atoms with Gasteiger partial charge in [-0.3, -0.25) is 9.80 Å². The Morgan fingerprint density at radius 2 is 2.09 bits per heavy atom. The molecule has 5 nitrogen and oxygen atoms in total. The largest absolute Gasteiger partial charge is 0.339 e. The first-order chi connectivity index (χ1) is 11.2. The van der Waals surface area contributed by atoms with Gasteiger partial charge < -0.3 is 4.52 Å². The Kier molecular flexibility index (Phi) is 5.80. The van der Waals surface area contributed by atoms with Crippen LogP contribution in [0.4, 0.5) is 0 Å². The molecule has 1 aliphatic heterocycles. The number of aryl methyl sites for hydroxylation is 1. The third-order valence-electron chi connectivity index (χ3n) is 4.21. The molecule has 0 aromatic carbocycles. The van der Waals surface area contributed by atoms with Crippen LogP contribution in [0.1, 0.15) is 48.3 Å². The lowest BCUT2D eigenvalue weighted by atomic mass is 10.1. The molecule has 0 bridgehead atoms. The first kappa shape index (κ1) is 16.6. The van der Waals surface area contributed by atoms with E-state index in [-0.39, 0.29) is 0 Å². The number of nitrogens with zero attached hydrogens (tertiary/aromatic N) is 4. The van der Waals surface area contributed by atoms with Gasteiger partial charge in [0.15, 0.2) is 5.82 Å². The maximum Gasteiger partial charge on any atom is 0.226 e. The van der Waals surface area contributed by atoms with Gasteiger partial charge in [0.05, 0.1) is 6.54 Å². The van der Waals surface area contributed by atoms with Crippen molar-refractivity contribution in [1.29, 1.82) is 0 Å². The third kappa shape index (κ3) is 4.86. The fourth-order valence-electron chi connectivity index (χ4n) is 3.03. The Morgan fingerprint density at radius 3 is 2.83 bits per heavy atom. The molecule has 0 atom stereocenters. The molecule has 0 unspecified atom stereocenters. The van der Waals surface area contributed by atoms with Crippen molar-refractivity contribution in [3.63, 3.8) is 0 Å². The normalized spacial score (nSPS) is 16.3. The van der Waals surface area contributed by atoms with Crippen molar-refractivity contribution in [1.82, 2.24) is 19.9 Å². The first-order valence-electron chi connectivity index (χ1n) is 8.51. The molecule has 0 N–H and O–H groups in total. The zero-order valence-corrected chi connectivity index (χ0v) is 14.9. The van der Waals surface area contributed by atoms with E-state index in [1.807, 2.05) is 18.3 Å². The maximum atomic E-state index is 5.16.